The maximum Gasteiger partial charge on any atom is 0.260 e. The fraction of sp³-hybridized carbons (Fsp3) is 0.250. The number of rotatable bonds is 6. The van der Waals surface area contributed by atoms with E-state index in [1.807, 2.05) is 62.4 Å². The van der Waals surface area contributed by atoms with Gasteiger partial charge in [-0.15, -0.1) is 0 Å². The van der Waals surface area contributed by atoms with Crippen LogP contribution >= 0.6 is 0 Å². The lowest BCUT2D eigenvalue weighted by atomic mass is 10.1. The summed E-state index contributed by atoms with van der Waals surface area (Å²) in [6.45, 7) is 4.02. The smallest absolute Gasteiger partial charge is 0.260 e. The second-order valence-corrected chi connectivity index (χ2v) is 6.21. The molecule has 0 bridgehead atoms. The van der Waals surface area contributed by atoms with Gasteiger partial charge >= 0.3 is 0 Å². The third-order valence-electron chi connectivity index (χ3n) is 4.42. The largest absolute Gasteiger partial charge is 0.484 e. The first-order valence-electron chi connectivity index (χ1n) is 8.44. The minimum absolute atomic E-state index is 0.0148. The van der Waals surface area contributed by atoms with Crippen LogP contribution in [-0.4, -0.2) is 39.2 Å². The van der Waals surface area contributed by atoms with Crippen molar-refractivity contribution in [3.05, 3.63) is 72.3 Å². The molecule has 0 fully saturated rings. The first kappa shape index (κ1) is 17.7. The summed E-state index contributed by atoms with van der Waals surface area (Å²) in [6.07, 6.45) is 3.15. The van der Waals surface area contributed by atoms with Gasteiger partial charge in [0.05, 0.1) is 11.7 Å². The standard InChI is InChI=1S/C20H22N4O2/c1-15-4-10-19(11-5-15)26-12-20(25)23(3)16(2)17-6-8-18(9-7-17)24-14-21-13-22-24/h4-11,13-14,16H,12H2,1-3H3. The van der Waals surface area contributed by atoms with Gasteiger partial charge in [0, 0.05) is 7.05 Å². The van der Waals surface area contributed by atoms with Crippen LogP contribution in [0.3, 0.4) is 0 Å². The first-order chi connectivity index (χ1) is 12.5. The van der Waals surface area contributed by atoms with Gasteiger partial charge in [0.1, 0.15) is 18.4 Å². The fourth-order valence-corrected chi connectivity index (χ4v) is 2.57. The van der Waals surface area contributed by atoms with Gasteiger partial charge in [-0.3, -0.25) is 4.79 Å². The molecule has 0 aliphatic rings. The molecule has 1 atom stereocenters. The Hall–Kier alpha value is -3.15. The number of benzene rings is 2. The molecular weight excluding hydrogens is 328 g/mol. The van der Waals surface area contributed by atoms with Gasteiger partial charge in [0.25, 0.3) is 5.91 Å². The molecule has 6 nitrogen and oxygen atoms in total. The Morgan fingerprint density at radius 3 is 2.46 bits per heavy atom. The zero-order valence-electron chi connectivity index (χ0n) is 15.2. The monoisotopic (exact) mass is 350 g/mol. The highest BCUT2D eigenvalue weighted by atomic mass is 16.5. The van der Waals surface area contributed by atoms with Gasteiger partial charge in [-0.1, -0.05) is 29.8 Å². The van der Waals surface area contributed by atoms with Crippen molar-refractivity contribution in [1.82, 2.24) is 19.7 Å². The van der Waals surface area contributed by atoms with Gasteiger partial charge in [-0.2, -0.15) is 5.10 Å². The van der Waals surface area contributed by atoms with E-state index < -0.39 is 0 Å². The van der Waals surface area contributed by atoms with Crippen LogP contribution < -0.4 is 4.74 Å². The average Bonchev–Trinajstić information content (AvgIpc) is 3.21. The SMILES string of the molecule is Cc1ccc(OCC(=O)N(C)C(C)c2ccc(-n3cncn3)cc2)cc1. The molecule has 3 rings (SSSR count). The predicted molar refractivity (Wildman–Crippen MR) is 99.2 cm³/mol. The van der Waals surface area contributed by atoms with Crippen LogP contribution in [0.4, 0.5) is 0 Å². The molecule has 1 amide bonds. The highest BCUT2D eigenvalue weighted by Crippen LogP contribution is 2.20. The van der Waals surface area contributed by atoms with E-state index in [1.54, 1.807) is 23.0 Å². The summed E-state index contributed by atoms with van der Waals surface area (Å²) in [5.41, 5.74) is 3.12. The van der Waals surface area contributed by atoms with Gasteiger partial charge in [0.15, 0.2) is 6.61 Å². The van der Waals surface area contributed by atoms with Crippen LogP contribution in [0.25, 0.3) is 5.69 Å². The summed E-state index contributed by atoms with van der Waals surface area (Å²) in [5, 5.41) is 4.11. The van der Waals surface area contributed by atoms with Crippen LogP contribution in [-0.2, 0) is 4.79 Å². The molecule has 0 N–H and O–H groups in total. The van der Waals surface area contributed by atoms with Crippen LogP contribution in [0.5, 0.6) is 5.75 Å². The molecule has 0 radical (unpaired) electrons. The third-order valence-corrected chi connectivity index (χ3v) is 4.42. The second-order valence-electron chi connectivity index (χ2n) is 6.21. The number of aryl methyl sites for hydroxylation is 1. The number of hydrogen-bond acceptors (Lipinski definition) is 4. The van der Waals surface area contributed by atoms with E-state index in [2.05, 4.69) is 10.1 Å². The summed E-state index contributed by atoms with van der Waals surface area (Å²) in [7, 11) is 1.79. The zero-order valence-corrected chi connectivity index (χ0v) is 15.2. The molecule has 6 heteroatoms. The summed E-state index contributed by atoms with van der Waals surface area (Å²) in [6, 6.07) is 15.5. The van der Waals surface area contributed by atoms with Crippen LogP contribution in [0.2, 0.25) is 0 Å². The van der Waals surface area contributed by atoms with Gasteiger partial charge in [0.2, 0.25) is 0 Å². The number of nitrogens with zero attached hydrogens (tertiary/aromatic N) is 4. The molecule has 0 spiro atoms. The summed E-state index contributed by atoms with van der Waals surface area (Å²) in [4.78, 5) is 18.1. The van der Waals surface area contributed by atoms with Crippen molar-refractivity contribution in [1.29, 1.82) is 0 Å². The highest BCUT2D eigenvalue weighted by Gasteiger charge is 2.18. The second kappa shape index (κ2) is 7.82. The number of carbonyl (C=O) groups is 1. The fourth-order valence-electron chi connectivity index (χ4n) is 2.57. The molecule has 0 aliphatic carbocycles. The number of likely N-dealkylation sites (N-methyl/N-ethyl adjacent to an activating group) is 1. The highest BCUT2D eigenvalue weighted by molar-refractivity contribution is 5.78. The van der Waals surface area contributed by atoms with Gasteiger partial charge in [-0.25, -0.2) is 9.67 Å². The van der Waals surface area contributed by atoms with Crippen LogP contribution in [0.1, 0.15) is 24.1 Å². The molecular formula is C20H22N4O2. The molecule has 134 valence electrons. The van der Waals surface area contributed by atoms with Crippen LogP contribution in [0, 0.1) is 6.92 Å². The Labute approximate surface area is 153 Å². The average molecular weight is 350 g/mol. The molecule has 26 heavy (non-hydrogen) atoms. The van der Waals surface area contributed by atoms with E-state index >= 15 is 0 Å². The van der Waals surface area contributed by atoms with Gasteiger partial charge in [-0.05, 0) is 43.7 Å². The normalized spacial score (nSPS) is 11.8. The molecule has 2 aromatic carbocycles. The number of carbonyl (C=O) groups excluding carboxylic acids is 1. The minimum atomic E-state index is -0.0709. The van der Waals surface area contributed by atoms with E-state index in [9.17, 15) is 4.79 Å². The molecule has 0 saturated heterocycles. The summed E-state index contributed by atoms with van der Waals surface area (Å²) in [5.74, 6) is 0.626. The van der Waals surface area contributed by atoms with Crippen molar-refractivity contribution in [3.8, 4) is 11.4 Å². The zero-order chi connectivity index (χ0) is 18.5. The Balaban J connectivity index is 1.60. The lowest BCUT2D eigenvalue weighted by molar-refractivity contribution is -0.134. The van der Waals surface area contributed by atoms with E-state index in [4.69, 9.17) is 4.74 Å². The minimum Gasteiger partial charge on any atom is -0.484 e. The van der Waals surface area contributed by atoms with Crippen molar-refractivity contribution < 1.29 is 9.53 Å². The lowest BCUT2D eigenvalue weighted by Gasteiger charge is -2.25. The lowest BCUT2D eigenvalue weighted by Crippen LogP contribution is -2.33. The van der Waals surface area contributed by atoms with E-state index in [0.717, 1.165) is 16.8 Å². The Morgan fingerprint density at radius 2 is 1.85 bits per heavy atom. The molecule has 3 aromatic rings. The number of amides is 1. The van der Waals surface area contributed by atoms with Crippen molar-refractivity contribution in [3.63, 3.8) is 0 Å². The Morgan fingerprint density at radius 1 is 1.15 bits per heavy atom. The molecule has 0 aliphatic heterocycles. The first-order valence-corrected chi connectivity index (χ1v) is 8.44. The Kier molecular flexibility index (Phi) is 5.31. The van der Waals surface area contributed by atoms with Gasteiger partial charge < -0.3 is 9.64 Å². The van der Waals surface area contributed by atoms with E-state index in [0.29, 0.717) is 5.75 Å². The van der Waals surface area contributed by atoms with E-state index in [1.165, 1.54) is 6.33 Å². The molecule has 1 heterocycles. The number of ether oxygens (including phenoxy) is 1. The van der Waals surface area contributed by atoms with Crippen LogP contribution in [0.15, 0.2) is 61.2 Å². The summed E-state index contributed by atoms with van der Waals surface area (Å²) >= 11 is 0. The van der Waals surface area contributed by atoms with Crippen molar-refractivity contribution >= 4 is 5.91 Å². The van der Waals surface area contributed by atoms with Crippen molar-refractivity contribution in [2.45, 2.75) is 19.9 Å². The molecule has 1 unspecified atom stereocenters. The van der Waals surface area contributed by atoms with E-state index in [-0.39, 0.29) is 18.6 Å². The van der Waals surface area contributed by atoms with Crippen molar-refractivity contribution in [2.75, 3.05) is 13.7 Å². The maximum absolute atomic E-state index is 12.4. The molecule has 1 aromatic heterocycles. The topological polar surface area (TPSA) is 60.2 Å². The predicted octanol–water partition coefficient (Wildman–Crippen LogP) is 3.17. The Bertz CT molecular complexity index is 843. The molecule has 0 saturated carbocycles. The number of aromatic nitrogens is 3. The third kappa shape index (κ3) is 4.08. The quantitative estimate of drug-likeness (QED) is 0.685. The number of hydrogen-bond donors (Lipinski definition) is 0. The summed E-state index contributed by atoms with van der Waals surface area (Å²) < 4.78 is 7.28. The maximum atomic E-state index is 12.4. The van der Waals surface area contributed by atoms with Crippen molar-refractivity contribution in [2.24, 2.45) is 0 Å².